The molecule has 0 spiro atoms. The van der Waals surface area contributed by atoms with Crippen molar-refractivity contribution in [2.75, 3.05) is 6.61 Å². The van der Waals surface area contributed by atoms with Crippen molar-refractivity contribution in [3.05, 3.63) is 71.3 Å². The zero-order valence-electron chi connectivity index (χ0n) is 12.6. The monoisotopic (exact) mass is 278 g/mol. The third kappa shape index (κ3) is 3.36. The number of allylic oxidation sites excluding steroid dienone is 1. The Balaban J connectivity index is 1.71. The quantitative estimate of drug-likeness (QED) is 0.724. The fraction of sp³-hybridized carbons (Fsp3) is 0.300. The summed E-state index contributed by atoms with van der Waals surface area (Å²) in [4.78, 5) is 0. The Morgan fingerprint density at radius 1 is 0.905 bits per heavy atom. The topological polar surface area (TPSA) is 9.23 Å². The predicted octanol–water partition coefficient (Wildman–Crippen LogP) is 5.27. The maximum Gasteiger partial charge on any atom is 0.119 e. The van der Waals surface area contributed by atoms with Gasteiger partial charge in [-0.3, -0.25) is 0 Å². The minimum atomic E-state index is 0.718. The number of rotatable bonds is 5. The zero-order chi connectivity index (χ0) is 14.5. The lowest BCUT2D eigenvalue weighted by molar-refractivity contribution is 0.349. The van der Waals surface area contributed by atoms with Crippen LogP contribution in [-0.4, -0.2) is 6.61 Å². The van der Waals surface area contributed by atoms with Crippen LogP contribution in [0.1, 0.15) is 37.3 Å². The fourth-order valence-electron chi connectivity index (χ4n) is 2.95. The lowest BCUT2D eigenvalue weighted by Gasteiger charge is -2.10. The summed E-state index contributed by atoms with van der Waals surface area (Å²) in [7, 11) is 0. The van der Waals surface area contributed by atoms with Crippen LogP contribution in [0.25, 0.3) is 5.57 Å². The van der Waals surface area contributed by atoms with Crippen LogP contribution in [-0.2, 0) is 6.42 Å². The number of benzene rings is 2. The van der Waals surface area contributed by atoms with Gasteiger partial charge in [0.25, 0.3) is 0 Å². The summed E-state index contributed by atoms with van der Waals surface area (Å²) in [6.07, 6.45) is 4.66. The molecule has 21 heavy (non-hydrogen) atoms. The molecule has 108 valence electrons. The molecular formula is C20H22O. The second-order valence-electron chi connectivity index (χ2n) is 5.59. The second-order valence-corrected chi connectivity index (χ2v) is 5.59. The maximum atomic E-state index is 5.98. The summed E-state index contributed by atoms with van der Waals surface area (Å²) in [5.41, 5.74) is 5.66. The molecule has 2 aromatic rings. The van der Waals surface area contributed by atoms with E-state index < -0.39 is 0 Å². The molecule has 1 heteroatoms. The first kappa shape index (κ1) is 13.9. The molecule has 2 aromatic carbocycles. The van der Waals surface area contributed by atoms with E-state index in [0.717, 1.165) is 25.2 Å². The average Bonchev–Trinajstić information content (AvgIpc) is 3.03. The standard InChI is InChI=1S/C20H22O/c1-2-16-11-13-19(14-12-16)21-15-18-9-6-10-20(18)17-7-4-3-5-8-17/h3-5,7-8,11-14H,2,6,9-10,15H2,1H3. The van der Waals surface area contributed by atoms with Gasteiger partial charge >= 0.3 is 0 Å². The van der Waals surface area contributed by atoms with Gasteiger partial charge in [-0.2, -0.15) is 0 Å². The molecule has 0 atom stereocenters. The van der Waals surface area contributed by atoms with Gasteiger partial charge < -0.3 is 4.74 Å². The third-order valence-corrected chi connectivity index (χ3v) is 4.20. The molecule has 0 aromatic heterocycles. The van der Waals surface area contributed by atoms with Gasteiger partial charge in [-0.05, 0) is 60.1 Å². The van der Waals surface area contributed by atoms with Crippen LogP contribution in [0.15, 0.2) is 60.2 Å². The first-order valence-electron chi connectivity index (χ1n) is 7.85. The van der Waals surface area contributed by atoms with Crippen molar-refractivity contribution in [1.82, 2.24) is 0 Å². The summed E-state index contributed by atoms with van der Waals surface area (Å²) in [6.45, 7) is 2.89. The number of hydrogen-bond donors (Lipinski definition) is 0. The van der Waals surface area contributed by atoms with Crippen LogP contribution in [0.5, 0.6) is 5.75 Å². The van der Waals surface area contributed by atoms with Crippen LogP contribution in [0.4, 0.5) is 0 Å². The molecule has 0 radical (unpaired) electrons. The highest BCUT2D eigenvalue weighted by atomic mass is 16.5. The van der Waals surface area contributed by atoms with Gasteiger partial charge in [-0.15, -0.1) is 0 Å². The number of hydrogen-bond acceptors (Lipinski definition) is 1. The molecule has 0 N–H and O–H groups in total. The zero-order valence-corrected chi connectivity index (χ0v) is 12.6. The van der Waals surface area contributed by atoms with Gasteiger partial charge in [-0.1, -0.05) is 49.4 Å². The van der Waals surface area contributed by atoms with Crippen LogP contribution in [0.3, 0.4) is 0 Å². The Morgan fingerprint density at radius 2 is 1.67 bits per heavy atom. The first-order chi connectivity index (χ1) is 10.4. The molecule has 0 bridgehead atoms. The van der Waals surface area contributed by atoms with E-state index in [4.69, 9.17) is 4.74 Å². The van der Waals surface area contributed by atoms with E-state index in [1.807, 2.05) is 0 Å². The smallest absolute Gasteiger partial charge is 0.119 e. The van der Waals surface area contributed by atoms with E-state index in [1.165, 1.54) is 35.1 Å². The van der Waals surface area contributed by atoms with Crippen LogP contribution < -0.4 is 4.74 Å². The Morgan fingerprint density at radius 3 is 2.38 bits per heavy atom. The van der Waals surface area contributed by atoms with Crippen molar-refractivity contribution in [3.8, 4) is 5.75 Å². The second kappa shape index (κ2) is 6.62. The lowest BCUT2D eigenvalue weighted by atomic mass is 10.0. The van der Waals surface area contributed by atoms with Gasteiger partial charge in [0.15, 0.2) is 0 Å². The summed E-state index contributed by atoms with van der Waals surface area (Å²) < 4.78 is 5.98. The predicted molar refractivity (Wildman–Crippen MR) is 88.5 cm³/mol. The van der Waals surface area contributed by atoms with Gasteiger partial charge in [0.2, 0.25) is 0 Å². The highest BCUT2D eigenvalue weighted by molar-refractivity contribution is 5.70. The van der Waals surface area contributed by atoms with Gasteiger partial charge in [-0.25, -0.2) is 0 Å². The Labute approximate surface area is 127 Å². The lowest BCUT2D eigenvalue weighted by Crippen LogP contribution is -2.01. The molecule has 0 saturated heterocycles. The SMILES string of the molecule is CCc1ccc(OCC2=C(c3ccccc3)CCC2)cc1. The third-order valence-electron chi connectivity index (χ3n) is 4.20. The van der Waals surface area contributed by atoms with E-state index in [0.29, 0.717) is 0 Å². The van der Waals surface area contributed by atoms with E-state index in [2.05, 4.69) is 61.5 Å². The molecule has 0 unspecified atom stereocenters. The molecule has 1 nitrogen and oxygen atoms in total. The molecule has 1 aliphatic rings. The van der Waals surface area contributed by atoms with Crippen molar-refractivity contribution in [2.24, 2.45) is 0 Å². The Bertz CT molecular complexity index is 608. The van der Waals surface area contributed by atoms with E-state index >= 15 is 0 Å². The minimum absolute atomic E-state index is 0.718. The largest absolute Gasteiger partial charge is 0.489 e. The van der Waals surface area contributed by atoms with Crippen LogP contribution >= 0.6 is 0 Å². The Hall–Kier alpha value is -2.02. The summed E-state index contributed by atoms with van der Waals surface area (Å²) in [5, 5.41) is 0. The fourth-order valence-corrected chi connectivity index (χ4v) is 2.95. The first-order valence-corrected chi connectivity index (χ1v) is 7.85. The maximum absolute atomic E-state index is 5.98. The molecule has 1 aliphatic carbocycles. The van der Waals surface area contributed by atoms with Crippen molar-refractivity contribution in [3.63, 3.8) is 0 Å². The van der Waals surface area contributed by atoms with Crippen molar-refractivity contribution in [1.29, 1.82) is 0 Å². The van der Waals surface area contributed by atoms with Crippen molar-refractivity contribution >= 4 is 5.57 Å². The normalized spacial score (nSPS) is 14.5. The summed E-state index contributed by atoms with van der Waals surface area (Å²) >= 11 is 0. The van der Waals surface area contributed by atoms with Gasteiger partial charge in [0.1, 0.15) is 12.4 Å². The number of ether oxygens (including phenoxy) is 1. The van der Waals surface area contributed by atoms with Crippen molar-refractivity contribution in [2.45, 2.75) is 32.6 Å². The summed E-state index contributed by atoms with van der Waals surface area (Å²) in [6, 6.07) is 19.2. The van der Waals surface area contributed by atoms with Gasteiger partial charge in [0.05, 0.1) is 0 Å². The molecule has 0 heterocycles. The van der Waals surface area contributed by atoms with Crippen LogP contribution in [0.2, 0.25) is 0 Å². The minimum Gasteiger partial charge on any atom is -0.489 e. The molecule has 3 rings (SSSR count). The molecule has 0 saturated carbocycles. The van der Waals surface area contributed by atoms with E-state index in [-0.39, 0.29) is 0 Å². The molecular weight excluding hydrogens is 256 g/mol. The van der Waals surface area contributed by atoms with E-state index in [1.54, 1.807) is 0 Å². The van der Waals surface area contributed by atoms with E-state index in [9.17, 15) is 0 Å². The van der Waals surface area contributed by atoms with Crippen molar-refractivity contribution < 1.29 is 4.74 Å². The highest BCUT2D eigenvalue weighted by Crippen LogP contribution is 2.34. The summed E-state index contributed by atoms with van der Waals surface area (Å²) in [5.74, 6) is 0.971. The Kier molecular flexibility index (Phi) is 4.40. The van der Waals surface area contributed by atoms with Crippen LogP contribution in [0, 0.1) is 0 Å². The molecule has 0 fully saturated rings. The average molecular weight is 278 g/mol. The molecule has 0 amide bonds. The highest BCUT2D eigenvalue weighted by Gasteiger charge is 2.16. The van der Waals surface area contributed by atoms with Gasteiger partial charge in [0, 0.05) is 0 Å². The molecule has 0 aliphatic heterocycles. The number of aryl methyl sites for hydroxylation is 1.